The number of nitro groups is 1. The van der Waals surface area contributed by atoms with Crippen molar-refractivity contribution in [1.82, 2.24) is 4.90 Å². The molecule has 9 nitrogen and oxygen atoms in total. The Morgan fingerprint density at radius 1 is 1.09 bits per heavy atom. The fourth-order valence-electron chi connectivity index (χ4n) is 2.96. The second-order valence-electron chi connectivity index (χ2n) is 6.88. The number of non-ortho nitro benzene ring substituents is 1. The van der Waals surface area contributed by atoms with E-state index in [-0.39, 0.29) is 28.4 Å². The Hall–Kier alpha value is -4.23. The number of benzene rings is 3. The normalized spacial score (nSPS) is 10.8. The third kappa shape index (κ3) is 5.08. The molecule has 0 aliphatic rings. The Morgan fingerprint density at radius 3 is 2.44 bits per heavy atom. The number of rotatable bonds is 7. The van der Waals surface area contributed by atoms with Gasteiger partial charge in [0.1, 0.15) is 0 Å². The second-order valence-corrected chi connectivity index (χ2v) is 8.56. The number of carbonyl (C=O) groups is 1. The quantitative estimate of drug-likeness (QED) is 0.432. The molecular formula is C22H18N4O5S. The van der Waals surface area contributed by atoms with Gasteiger partial charge in [-0.15, -0.1) is 0 Å². The molecule has 0 saturated heterocycles. The number of nitro benzene ring substituents is 1. The number of hydrogen-bond acceptors (Lipinski definition) is 6. The van der Waals surface area contributed by atoms with Gasteiger partial charge in [0.2, 0.25) is 0 Å². The van der Waals surface area contributed by atoms with Gasteiger partial charge >= 0.3 is 0 Å². The van der Waals surface area contributed by atoms with E-state index >= 15 is 0 Å². The molecule has 3 aromatic carbocycles. The summed E-state index contributed by atoms with van der Waals surface area (Å²) >= 11 is 0. The summed E-state index contributed by atoms with van der Waals surface area (Å²) in [6.45, 7) is 0.247. The molecule has 0 aliphatic heterocycles. The van der Waals surface area contributed by atoms with Crippen molar-refractivity contribution in [3.63, 3.8) is 0 Å². The van der Waals surface area contributed by atoms with Crippen molar-refractivity contribution in [2.75, 3.05) is 11.8 Å². The van der Waals surface area contributed by atoms with Crippen LogP contribution in [0, 0.1) is 21.4 Å². The number of nitrogens with zero attached hydrogens (tertiary/aromatic N) is 3. The SMILES string of the molecule is CN(Cc1ccc(C#N)cc1)C(=O)c1ccccc1NS(=O)(=O)c1cccc([N+](=O)[O-])c1. The van der Waals surface area contributed by atoms with E-state index in [4.69, 9.17) is 5.26 Å². The molecule has 0 unspecified atom stereocenters. The zero-order chi connectivity index (χ0) is 23.3. The van der Waals surface area contributed by atoms with Crippen molar-refractivity contribution in [2.45, 2.75) is 11.4 Å². The van der Waals surface area contributed by atoms with Gasteiger partial charge in [0.25, 0.3) is 21.6 Å². The van der Waals surface area contributed by atoms with Crippen molar-refractivity contribution in [2.24, 2.45) is 0 Å². The van der Waals surface area contributed by atoms with Gasteiger partial charge in [-0.3, -0.25) is 19.6 Å². The molecule has 3 aromatic rings. The fourth-order valence-corrected chi connectivity index (χ4v) is 4.08. The molecule has 0 bridgehead atoms. The van der Waals surface area contributed by atoms with E-state index in [2.05, 4.69) is 4.72 Å². The minimum absolute atomic E-state index is 0.0516. The van der Waals surface area contributed by atoms with Gasteiger partial charge in [0.15, 0.2) is 0 Å². The van der Waals surface area contributed by atoms with Crippen LogP contribution in [0.2, 0.25) is 0 Å². The molecule has 0 heterocycles. The Morgan fingerprint density at radius 2 is 1.78 bits per heavy atom. The Kier molecular flexibility index (Phi) is 6.51. The fraction of sp³-hybridized carbons (Fsp3) is 0.0909. The first-order valence-electron chi connectivity index (χ1n) is 9.32. The molecule has 0 atom stereocenters. The minimum Gasteiger partial charge on any atom is -0.337 e. The average Bonchev–Trinajstić information content (AvgIpc) is 2.79. The van der Waals surface area contributed by atoms with Gasteiger partial charge in [-0.1, -0.05) is 30.3 Å². The van der Waals surface area contributed by atoms with Crippen molar-refractivity contribution >= 4 is 27.3 Å². The number of hydrogen-bond donors (Lipinski definition) is 1. The number of amides is 1. The van der Waals surface area contributed by atoms with Crippen molar-refractivity contribution in [1.29, 1.82) is 5.26 Å². The van der Waals surface area contributed by atoms with Gasteiger partial charge in [-0.05, 0) is 35.9 Å². The number of carbonyl (C=O) groups excluding carboxylic acids is 1. The van der Waals surface area contributed by atoms with Gasteiger partial charge in [0.05, 0.1) is 32.7 Å². The number of anilines is 1. The summed E-state index contributed by atoms with van der Waals surface area (Å²) in [5.74, 6) is -0.424. The molecule has 0 aromatic heterocycles. The van der Waals surface area contributed by atoms with Crippen LogP contribution in [0.25, 0.3) is 0 Å². The van der Waals surface area contributed by atoms with Crippen LogP contribution < -0.4 is 4.72 Å². The standard InChI is InChI=1S/C22H18N4O5S/c1-25(15-17-11-9-16(14-23)10-12-17)22(27)20-7-2-3-8-21(20)24-32(30,31)19-6-4-5-18(13-19)26(28)29/h2-13,24H,15H2,1H3. The predicted molar refractivity (Wildman–Crippen MR) is 117 cm³/mol. The van der Waals surface area contributed by atoms with E-state index in [1.54, 1.807) is 43.4 Å². The monoisotopic (exact) mass is 450 g/mol. The second kappa shape index (κ2) is 9.28. The highest BCUT2D eigenvalue weighted by atomic mass is 32.2. The van der Waals surface area contributed by atoms with E-state index in [0.717, 1.165) is 11.6 Å². The molecular weight excluding hydrogens is 432 g/mol. The van der Waals surface area contributed by atoms with Gasteiger partial charge in [-0.2, -0.15) is 5.26 Å². The highest BCUT2D eigenvalue weighted by Gasteiger charge is 2.22. The van der Waals surface area contributed by atoms with Crippen LogP contribution in [0.4, 0.5) is 11.4 Å². The third-order valence-corrected chi connectivity index (χ3v) is 5.95. The maximum absolute atomic E-state index is 13.0. The Balaban J connectivity index is 1.84. The highest BCUT2D eigenvalue weighted by Crippen LogP contribution is 2.24. The van der Waals surface area contributed by atoms with Crippen LogP contribution in [-0.4, -0.2) is 31.2 Å². The van der Waals surface area contributed by atoms with E-state index in [0.29, 0.717) is 5.56 Å². The van der Waals surface area contributed by atoms with Crippen molar-refractivity contribution < 1.29 is 18.1 Å². The number of nitrogens with one attached hydrogen (secondary N) is 1. The Bertz CT molecular complexity index is 1310. The van der Waals surface area contributed by atoms with E-state index < -0.39 is 20.9 Å². The van der Waals surface area contributed by atoms with Crippen LogP contribution in [0.15, 0.2) is 77.7 Å². The minimum atomic E-state index is -4.17. The van der Waals surface area contributed by atoms with Crippen LogP contribution in [0.3, 0.4) is 0 Å². The van der Waals surface area contributed by atoms with E-state index in [1.807, 2.05) is 6.07 Å². The number of sulfonamides is 1. The lowest BCUT2D eigenvalue weighted by molar-refractivity contribution is -0.385. The van der Waals surface area contributed by atoms with Crippen LogP contribution in [0.1, 0.15) is 21.5 Å². The summed E-state index contributed by atoms with van der Waals surface area (Å²) in [5.41, 5.74) is 1.12. The maximum atomic E-state index is 13.0. The third-order valence-electron chi connectivity index (χ3n) is 4.59. The molecule has 162 valence electrons. The summed E-state index contributed by atoms with van der Waals surface area (Å²) in [4.78, 5) is 24.4. The highest BCUT2D eigenvalue weighted by molar-refractivity contribution is 7.92. The lowest BCUT2D eigenvalue weighted by Gasteiger charge is -2.20. The summed E-state index contributed by atoms with van der Waals surface area (Å²) < 4.78 is 27.9. The zero-order valence-corrected chi connectivity index (χ0v) is 17.7. The van der Waals surface area contributed by atoms with Crippen molar-refractivity contribution in [3.05, 3.63) is 99.6 Å². The molecule has 0 radical (unpaired) electrons. The van der Waals surface area contributed by atoms with Gasteiger partial charge in [-0.25, -0.2) is 8.42 Å². The molecule has 10 heteroatoms. The summed E-state index contributed by atoms with van der Waals surface area (Å²) in [6.07, 6.45) is 0. The van der Waals surface area contributed by atoms with Crippen LogP contribution in [0.5, 0.6) is 0 Å². The van der Waals surface area contributed by atoms with E-state index in [1.165, 1.54) is 35.2 Å². The molecule has 0 aliphatic carbocycles. The average molecular weight is 450 g/mol. The van der Waals surface area contributed by atoms with Gasteiger partial charge in [0, 0.05) is 25.7 Å². The van der Waals surface area contributed by atoms with E-state index in [9.17, 15) is 23.3 Å². The molecule has 3 rings (SSSR count). The number of para-hydroxylation sites is 1. The smallest absolute Gasteiger partial charge is 0.270 e. The molecule has 32 heavy (non-hydrogen) atoms. The summed E-state index contributed by atoms with van der Waals surface area (Å²) in [7, 11) is -2.60. The van der Waals surface area contributed by atoms with Crippen molar-refractivity contribution in [3.8, 4) is 6.07 Å². The molecule has 0 saturated carbocycles. The summed E-state index contributed by atoms with van der Waals surface area (Å²) in [6, 6.07) is 19.5. The first kappa shape index (κ1) is 22.5. The first-order chi connectivity index (χ1) is 15.2. The largest absolute Gasteiger partial charge is 0.337 e. The van der Waals surface area contributed by atoms with Gasteiger partial charge < -0.3 is 4.90 Å². The molecule has 1 N–H and O–H groups in total. The Labute approximate surface area is 184 Å². The van der Waals surface area contributed by atoms with Crippen LogP contribution in [-0.2, 0) is 16.6 Å². The summed E-state index contributed by atoms with van der Waals surface area (Å²) in [5, 5.41) is 19.9. The number of nitriles is 1. The lowest BCUT2D eigenvalue weighted by Crippen LogP contribution is -2.27. The molecule has 1 amide bonds. The molecule has 0 fully saturated rings. The zero-order valence-electron chi connectivity index (χ0n) is 16.9. The van der Waals surface area contributed by atoms with Crippen LogP contribution >= 0.6 is 0 Å². The molecule has 0 spiro atoms. The first-order valence-corrected chi connectivity index (χ1v) is 10.8. The topological polar surface area (TPSA) is 133 Å². The predicted octanol–water partition coefficient (Wildman–Crippen LogP) is 3.54. The lowest BCUT2D eigenvalue weighted by atomic mass is 10.1. The maximum Gasteiger partial charge on any atom is 0.270 e.